The number of ether oxygens (including phenoxy) is 2. The molecule has 0 saturated heterocycles. The summed E-state index contributed by atoms with van der Waals surface area (Å²) in [5.41, 5.74) is 2.29. The third-order valence-corrected chi connectivity index (χ3v) is 6.27. The van der Waals surface area contributed by atoms with Crippen molar-refractivity contribution in [2.45, 2.75) is 24.8 Å². The number of nitrogens with one attached hydrogen (secondary N) is 2. The van der Waals surface area contributed by atoms with Crippen molar-refractivity contribution in [3.8, 4) is 11.5 Å². The Bertz CT molecular complexity index is 1160. The van der Waals surface area contributed by atoms with E-state index in [-0.39, 0.29) is 23.5 Å². The zero-order valence-electron chi connectivity index (χ0n) is 18.2. The number of rotatable bonds is 9. The van der Waals surface area contributed by atoms with E-state index in [4.69, 9.17) is 9.47 Å². The summed E-state index contributed by atoms with van der Waals surface area (Å²) in [5, 5.41) is 2.86. The summed E-state index contributed by atoms with van der Waals surface area (Å²) < 4.78 is 38.4. The van der Waals surface area contributed by atoms with Gasteiger partial charge in [0.05, 0.1) is 23.7 Å². The minimum Gasteiger partial charge on any atom is -0.497 e. The minimum absolute atomic E-state index is 0.102. The smallest absolute Gasteiger partial charge is 0.261 e. The highest BCUT2D eigenvalue weighted by atomic mass is 32.2. The zero-order valence-corrected chi connectivity index (χ0v) is 19.0. The van der Waals surface area contributed by atoms with Crippen molar-refractivity contribution in [2.75, 3.05) is 18.4 Å². The average Bonchev–Trinajstić information content (AvgIpc) is 2.79. The van der Waals surface area contributed by atoms with E-state index in [9.17, 15) is 13.2 Å². The molecular formula is C24H26N2O5S. The molecule has 0 bridgehead atoms. The van der Waals surface area contributed by atoms with E-state index in [1.165, 1.54) is 24.3 Å². The number of carbonyl (C=O) groups is 1. The Balaban J connectivity index is 1.54. The monoisotopic (exact) mass is 454 g/mol. The van der Waals surface area contributed by atoms with E-state index in [2.05, 4.69) is 10.0 Å². The largest absolute Gasteiger partial charge is 0.497 e. The molecule has 3 rings (SSSR count). The first-order valence-corrected chi connectivity index (χ1v) is 11.5. The fourth-order valence-electron chi connectivity index (χ4n) is 3.01. The van der Waals surface area contributed by atoms with Crippen LogP contribution in [0, 0.1) is 6.92 Å². The Kier molecular flexibility index (Phi) is 7.37. The van der Waals surface area contributed by atoms with E-state index in [1.807, 2.05) is 50.2 Å². The summed E-state index contributed by atoms with van der Waals surface area (Å²) in [6, 6.07) is 20.3. The summed E-state index contributed by atoms with van der Waals surface area (Å²) in [6.45, 7) is 3.52. The van der Waals surface area contributed by atoms with Gasteiger partial charge in [-0.25, -0.2) is 8.42 Å². The summed E-state index contributed by atoms with van der Waals surface area (Å²) in [5.74, 6) is 0.855. The van der Waals surface area contributed by atoms with E-state index in [0.29, 0.717) is 11.4 Å². The van der Waals surface area contributed by atoms with Crippen molar-refractivity contribution < 1.29 is 22.7 Å². The number of para-hydroxylation sites is 1. The highest BCUT2D eigenvalue weighted by molar-refractivity contribution is 7.92. The van der Waals surface area contributed by atoms with Crippen molar-refractivity contribution in [2.24, 2.45) is 0 Å². The molecule has 2 N–H and O–H groups in total. The number of hydrogen-bond donors (Lipinski definition) is 2. The molecule has 0 aliphatic carbocycles. The number of hydrogen-bond acceptors (Lipinski definition) is 5. The first-order chi connectivity index (χ1) is 15.3. The zero-order chi connectivity index (χ0) is 23.1. The van der Waals surface area contributed by atoms with Gasteiger partial charge in [0, 0.05) is 0 Å². The molecule has 168 valence electrons. The second-order valence-electron chi connectivity index (χ2n) is 7.24. The van der Waals surface area contributed by atoms with Gasteiger partial charge >= 0.3 is 0 Å². The molecule has 8 heteroatoms. The third kappa shape index (κ3) is 6.01. The fourth-order valence-corrected chi connectivity index (χ4v) is 4.14. The maximum absolute atomic E-state index is 12.6. The highest BCUT2D eigenvalue weighted by Crippen LogP contribution is 2.21. The van der Waals surface area contributed by atoms with Gasteiger partial charge in [-0.2, -0.15) is 0 Å². The molecule has 0 aliphatic heterocycles. The summed E-state index contributed by atoms with van der Waals surface area (Å²) in [4.78, 5) is 12.3. The maximum atomic E-state index is 12.6. The molecule has 1 amide bonds. The van der Waals surface area contributed by atoms with Crippen LogP contribution in [-0.4, -0.2) is 28.0 Å². The lowest BCUT2D eigenvalue weighted by Crippen LogP contribution is -2.31. The molecule has 0 fully saturated rings. The predicted molar refractivity (Wildman–Crippen MR) is 123 cm³/mol. The first kappa shape index (κ1) is 23.1. The summed E-state index contributed by atoms with van der Waals surface area (Å²) in [7, 11) is -2.13. The number of benzene rings is 3. The molecule has 0 unspecified atom stereocenters. The van der Waals surface area contributed by atoms with Gasteiger partial charge in [0.1, 0.15) is 11.5 Å². The van der Waals surface area contributed by atoms with Crippen LogP contribution in [0.25, 0.3) is 0 Å². The number of aryl methyl sites for hydroxylation is 1. The summed E-state index contributed by atoms with van der Waals surface area (Å²) in [6.07, 6.45) is 0. The van der Waals surface area contributed by atoms with E-state index >= 15 is 0 Å². The number of carbonyl (C=O) groups excluding carboxylic acids is 1. The molecule has 7 nitrogen and oxygen atoms in total. The van der Waals surface area contributed by atoms with Crippen LogP contribution in [0.4, 0.5) is 5.69 Å². The lowest BCUT2D eigenvalue weighted by Gasteiger charge is -2.15. The fraction of sp³-hybridized carbons (Fsp3) is 0.208. The van der Waals surface area contributed by atoms with Gasteiger partial charge in [0.15, 0.2) is 6.61 Å². The molecule has 3 aromatic rings. The van der Waals surface area contributed by atoms with Crippen molar-refractivity contribution in [1.29, 1.82) is 0 Å². The van der Waals surface area contributed by atoms with Crippen LogP contribution < -0.4 is 19.5 Å². The number of sulfonamides is 1. The lowest BCUT2D eigenvalue weighted by atomic mass is 10.1. The average molecular weight is 455 g/mol. The Morgan fingerprint density at radius 1 is 0.938 bits per heavy atom. The molecule has 0 radical (unpaired) electrons. The topological polar surface area (TPSA) is 93.7 Å². The van der Waals surface area contributed by atoms with E-state index in [1.54, 1.807) is 19.2 Å². The van der Waals surface area contributed by atoms with Crippen molar-refractivity contribution in [1.82, 2.24) is 5.32 Å². The van der Waals surface area contributed by atoms with Crippen LogP contribution >= 0.6 is 0 Å². The normalized spacial score (nSPS) is 12.0. The van der Waals surface area contributed by atoms with Crippen LogP contribution in [0.3, 0.4) is 0 Å². The number of anilines is 1. The van der Waals surface area contributed by atoms with Crippen LogP contribution in [0.2, 0.25) is 0 Å². The lowest BCUT2D eigenvalue weighted by molar-refractivity contribution is -0.123. The van der Waals surface area contributed by atoms with Crippen LogP contribution in [0.15, 0.2) is 77.7 Å². The van der Waals surface area contributed by atoms with Gasteiger partial charge in [0.2, 0.25) is 0 Å². The minimum atomic E-state index is -3.73. The second-order valence-corrected chi connectivity index (χ2v) is 8.93. The van der Waals surface area contributed by atoms with Gasteiger partial charge in [-0.1, -0.05) is 30.3 Å². The van der Waals surface area contributed by atoms with E-state index < -0.39 is 10.0 Å². The standard InChI is InChI=1S/C24H26N2O5S/c1-17-6-4-5-7-23(17)26-32(28,29)22-14-12-21(13-15-22)31-16-24(27)25-18(2)19-8-10-20(30-3)11-9-19/h4-15,18,26H,16H2,1-3H3,(H,25,27)/t18-/m0/s1. The van der Waals surface area contributed by atoms with Gasteiger partial charge in [-0.3, -0.25) is 9.52 Å². The number of amides is 1. The Morgan fingerprint density at radius 3 is 2.19 bits per heavy atom. The van der Waals surface area contributed by atoms with Crippen LogP contribution in [-0.2, 0) is 14.8 Å². The Labute approximate surface area is 188 Å². The van der Waals surface area contributed by atoms with Gasteiger partial charge < -0.3 is 14.8 Å². The Hall–Kier alpha value is -3.52. The van der Waals surface area contributed by atoms with E-state index in [0.717, 1.165) is 16.9 Å². The molecule has 0 heterocycles. The molecule has 32 heavy (non-hydrogen) atoms. The highest BCUT2D eigenvalue weighted by Gasteiger charge is 2.16. The van der Waals surface area contributed by atoms with Gasteiger partial charge in [-0.05, 0) is 67.4 Å². The molecular weight excluding hydrogens is 428 g/mol. The van der Waals surface area contributed by atoms with Crippen molar-refractivity contribution in [3.63, 3.8) is 0 Å². The molecule has 0 saturated carbocycles. The molecule has 3 aromatic carbocycles. The second kappa shape index (κ2) is 10.2. The quantitative estimate of drug-likeness (QED) is 0.509. The van der Waals surface area contributed by atoms with Crippen LogP contribution in [0.5, 0.6) is 11.5 Å². The predicted octanol–water partition coefficient (Wildman–Crippen LogP) is 4.06. The molecule has 1 atom stereocenters. The van der Waals surface area contributed by atoms with Gasteiger partial charge in [0.25, 0.3) is 15.9 Å². The maximum Gasteiger partial charge on any atom is 0.261 e. The third-order valence-electron chi connectivity index (χ3n) is 4.89. The summed E-state index contributed by atoms with van der Waals surface area (Å²) >= 11 is 0. The first-order valence-electron chi connectivity index (χ1n) is 10.0. The van der Waals surface area contributed by atoms with Crippen molar-refractivity contribution >= 4 is 21.6 Å². The number of methoxy groups -OCH3 is 1. The SMILES string of the molecule is COc1ccc([C@H](C)NC(=O)COc2ccc(S(=O)(=O)Nc3ccccc3C)cc2)cc1. The van der Waals surface area contributed by atoms with Crippen LogP contribution in [0.1, 0.15) is 24.1 Å². The molecule has 0 aromatic heterocycles. The van der Waals surface area contributed by atoms with Crippen molar-refractivity contribution in [3.05, 3.63) is 83.9 Å². The molecule has 0 spiro atoms. The van der Waals surface area contributed by atoms with Gasteiger partial charge in [-0.15, -0.1) is 0 Å². The molecule has 0 aliphatic rings. The Morgan fingerprint density at radius 2 is 1.56 bits per heavy atom.